The number of hydrogen-bond acceptors (Lipinski definition) is 7. The Balaban J connectivity index is 1.54. The number of carbonyl (C=O) groups is 1. The average Bonchev–Trinajstić information content (AvgIpc) is 3.55. The Bertz CT molecular complexity index is 1570. The van der Waals surface area contributed by atoms with Crippen LogP contribution in [0.3, 0.4) is 0 Å². The normalized spacial score (nSPS) is 13.4. The predicted molar refractivity (Wildman–Crippen MR) is 134 cm³/mol. The molecule has 4 aromatic rings. The number of rotatable bonds is 6. The van der Waals surface area contributed by atoms with Gasteiger partial charge in [0.15, 0.2) is 23.8 Å². The van der Waals surface area contributed by atoms with Gasteiger partial charge in [-0.15, -0.1) is 0 Å². The number of nitrogens with two attached hydrogens (primary N) is 1. The van der Waals surface area contributed by atoms with Crippen molar-refractivity contribution in [1.29, 1.82) is 10.5 Å². The standard InChI is InChI=1S/C27H24N6O3/c1-35-23-12-16(10-11-22(23)36-15-24(34)31-17-6-2-3-7-17)25-18(13-28)26(30)33-21-9-5-4-8-20(21)32-27(33)19(25)14-29/h4-5,8-12,17H,2-3,6-7,15,30H2,1H3,(H,31,34). The number of amides is 1. The highest BCUT2D eigenvalue weighted by molar-refractivity contribution is 5.93. The van der Waals surface area contributed by atoms with Crippen molar-refractivity contribution in [2.75, 3.05) is 19.5 Å². The monoisotopic (exact) mass is 480 g/mol. The van der Waals surface area contributed by atoms with Crippen LogP contribution in [0.1, 0.15) is 36.8 Å². The fraction of sp³-hybridized carbons (Fsp3) is 0.259. The zero-order valence-electron chi connectivity index (χ0n) is 19.7. The topological polar surface area (TPSA) is 138 Å². The highest BCUT2D eigenvalue weighted by Crippen LogP contribution is 2.39. The lowest BCUT2D eigenvalue weighted by atomic mass is 9.96. The van der Waals surface area contributed by atoms with Crippen LogP contribution < -0.4 is 20.5 Å². The smallest absolute Gasteiger partial charge is 0.258 e. The molecule has 1 aliphatic carbocycles. The van der Waals surface area contributed by atoms with Gasteiger partial charge in [0, 0.05) is 11.6 Å². The first-order valence-electron chi connectivity index (χ1n) is 11.7. The van der Waals surface area contributed by atoms with Crippen LogP contribution in [0, 0.1) is 22.7 Å². The van der Waals surface area contributed by atoms with Crippen LogP contribution >= 0.6 is 0 Å². The number of fused-ring (bicyclic) bond motifs is 3. The molecule has 1 fully saturated rings. The van der Waals surface area contributed by atoms with Crippen LogP contribution in [-0.2, 0) is 4.79 Å². The molecule has 36 heavy (non-hydrogen) atoms. The molecule has 2 heterocycles. The number of hydrogen-bond donors (Lipinski definition) is 2. The number of nitrogens with zero attached hydrogens (tertiary/aromatic N) is 4. The maximum atomic E-state index is 12.3. The van der Waals surface area contributed by atoms with Gasteiger partial charge in [0.2, 0.25) is 0 Å². The largest absolute Gasteiger partial charge is 0.493 e. The van der Waals surface area contributed by atoms with Crippen LogP contribution in [0.4, 0.5) is 5.82 Å². The van der Waals surface area contributed by atoms with Crippen LogP contribution in [-0.4, -0.2) is 35.1 Å². The summed E-state index contributed by atoms with van der Waals surface area (Å²) in [7, 11) is 1.49. The Kier molecular flexibility index (Phi) is 6.05. The third-order valence-electron chi connectivity index (χ3n) is 6.54. The van der Waals surface area contributed by atoms with Gasteiger partial charge >= 0.3 is 0 Å². The summed E-state index contributed by atoms with van der Waals surface area (Å²) >= 11 is 0. The first-order chi connectivity index (χ1) is 17.5. The second kappa shape index (κ2) is 9.47. The molecule has 0 aliphatic heterocycles. The highest BCUT2D eigenvalue weighted by atomic mass is 16.5. The summed E-state index contributed by atoms with van der Waals surface area (Å²) in [6, 6.07) is 17.0. The molecule has 1 aliphatic rings. The third-order valence-corrected chi connectivity index (χ3v) is 6.54. The molecule has 0 radical (unpaired) electrons. The van der Waals surface area contributed by atoms with Crippen LogP contribution in [0.5, 0.6) is 11.5 Å². The minimum Gasteiger partial charge on any atom is -0.493 e. The van der Waals surface area contributed by atoms with E-state index in [2.05, 4.69) is 22.4 Å². The number of nitriles is 2. The fourth-order valence-electron chi connectivity index (χ4n) is 4.85. The van der Waals surface area contributed by atoms with E-state index >= 15 is 0 Å². The van der Waals surface area contributed by atoms with E-state index in [0.717, 1.165) is 25.7 Å². The summed E-state index contributed by atoms with van der Waals surface area (Å²) in [4.78, 5) is 16.9. The molecule has 180 valence electrons. The molecular weight excluding hydrogens is 456 g/mol. The molecule has 9 heteroatoms. The molecule has 3 N–H and O–H groups in total. The molecule has 1 saturated carbocycles. The van der Waals surface area contributed by atoms with Crippen LogP contribution in [0.25, 0.3) is 27.8 Å². The molecule has 5 rings (SSSR count). The number of pyridine rings is 1. The molecule has 0 saturated heterocycles. The molecule has 0 spiro atoms. The number of aromatic nitrogens is 2. The van der Waals surface area contributed by atoms with Crippen molar-refractivity contribution >= 4 is 28.4 Å². The number of anilines is 1. The van der Waals surface area contributed by atoms with Gasteiger partial charge in [-0.1, -0.05) is 31.0 Å². The van der Waals surface area contributed by atoms with Crippen molar-refractivity contribution in [3.63, 3.8) is 0 Å². The quantitative estimate of drug-likeness (QED) is 0.426. The highest BCUT2D eigenvalue weighted by Gasteiger charge is 2.24. The molecule has 0 bridgehead atoms. The summed E-state index contributed by atoms with van der Waals surface area (Å²) in [6.07, 6.45) is 4.24. The van der Waals surface area contributed by atoms with Crippen LogP contribution in [0.15, 0.2) is 42.5 Å². The Morgan fingerprint density at radius 2 is 1.89 bits per heavy atom. The Morgan fingerprint density at radius 3 is 2.61 bits per heavy atom. The number of benzene rings is 2. The van der Waals surface area contributed by atoms with Crippen molar-refractivity contribution < 1.29 is 14.3 Å². The first kappa shape index (κ1) is 23.0. The van der Waals surface area contributed by atoms with Gasteiger partial charge in [-0.05, 0) is 42.7 Å². The lowest BCUT2D eigenvalue weighted by Crippen LogP contribution is -2.36. The van der Waals surface area contributed by atoms with E-state index in [1.54, 1.807) is 22.6 Å². The zero-order chi connectivity index (χ0) is 25.2. The molecule has 9 nitrogen and oxygen atoms in total. The average molecular weight is 481 g/mol. The SMILES string of the molecule is COc1cc(-c2c(C#N)c(N)n3c(nc4ccccc43)c2C#N)ccc1OCC(=O)NC1CCCC1. The van der Waals surface area contributed by atoms with Crippen molar-refractivity contribution in [1.82, 2.24) is 14.7 Å². The molecule has 2 aromatic carbocycles. The number of para-hydroxylation sites is 2. The van der Waals surface area contributed by atoms with E-state index in [0.29, 0.717) is 39.3 Å². The van der Waals surface area contributed by atoms with E-state index in [4.69, 9.17) is 15.2 Å². The summed E-state index contributed by atoms with van der Waals surface area (Å²) in [5.41, 5.74) is 9.48. The van der Waals surface area contributed by atoms with E-state index in [-0.39, 0.29) is 35.5 Å². The summed E-state index contributed by atoms with van der Waals surface area (Å²) < 4.78 is 12.9. The van der Waals surface area contributed by atoms with E-state index in [9.17, 15) is 15.3 Å². The number of imidazole rings is 1. The molecule has 1 amide bonds. The second-order valence-corrected chi connectivity index (χ2v) is 8.70. The molecule has 0 unspecified atom stereocenters. The summed E-state index contributed by atoms with van der Waals surface area (Å²) in [6.45, 7) is -0.140. The Hall–Kier alpha value is -4.76. The zero-order valence-corrected chi connectivity index (χ0v) is 19.7. The van der Waals surface area contributed by atoms with Gasteiger partial charge in [0.25, 0.3) is 5.91 Å². The maximum Gasteiger partial charge on any atom is 0.258 e. The predicted octanol–water partition coefficient (Wildman–Crippen LogP) is 3.93. The lowest BCUT2D eigenvalue weighted by molar-refractivity contribution is -0.123. The van der Waals surface area contributed by atoms with Gasteiger partial charge in [0.05, 0.1) is 18.1 Å². The van der Waals surface area contributed by atoms with Gasteiger partial charge in [-0.25, -0.2) is 4.98 Å². The maximum absolute atomic E-state index is 12.3. The lowest BCUT2D eigenvalue weighted by Gasteiger charge is -2.16. The summed E-state index contributed by atoms with van der Waals surface area (Å²) in [5.74, 6) is 0.746. The molecular formula is C27H24N6O3. The van der Waals surface area contributed by atoms with Crippen molar-refractivity contribution in [2.24, 2.45) is 0 Å². The Labute approximate surface area is 207 Å². The first-order valence-corrected chi connectivity index (χ1v) is 11.7. The van der Waals surface area contributed by atoms with Gasteiger partial charge in [-0.3, -0.25) is 9.20 Å². The number of methoxy groups -OCH3 is 1. The second-order valence-electron chi connectivity index (χ2n) is 8.70. The van der Waals surface area contributed by atoms with Crippen molar-refractivity contribution in [2.45, 2.75) is 31.7 Å². The fourth-order valence-corrected chi connectivity index (χ4v) is 4.85. The van der Waals surface area contributed by atoms with Gasteiger partial charge in [0.1, 0.15) is 29.1 Å². The summed E-state index contributed by atoms with van der Waals surface area (Å²) in [5, 5.41) is 23.1. The third kappa shape index (κ3) is 3.91. The number of nitrogens with one attached hydrogen (secondary N) is 1. The van der Waals surface area contributed by atoms with Crippen LogP contribution in [0.2, 0.25) is 0 Å². The van der Waals surface area contributed by atoms with Gasteiger partial charge < -0.3 is 20.5 Å². The van der Waals surface area contributed by atoms with E-state index in [1.165, 1.54) is 7.11 Å². The Morgan fingerprint density at radius 1 is 1.14 bits per heavy atom. The van der Waals surface area contributed by atoms with Crippen molar-refractivity contribution in [3.05, 3.63) is 53.6 Å². The van der Waals surface area contributed by atoms with Crippen molar-refractivity contribution in [3.8, 4) is 34.8 Å². The van der Waals surface area contributed by atoms with Gasteiger partial charge in [-0.2, -0.15) is 10.5 Å². The minimum absolute atomic E-state index is 0.140. The molecule has 0 atom stereocenters. The number of nitrogen functional groups attached to an aromatic ring is 1. The number of carbonyl (C=O) groups excluding carboxylic acids is 1. The minimum atomic E-state index is -0.184. The van der Waals surface area contributed by atoms with E-state index in [1.807, 2.05) is 24.3 Å². The molecule has 2 aromatic heterocycles. The van der Waals surface area contributed by atoms with E-state index < -0.39 is 0 Å². The number of ether oxygens (including phenoxy) is 2.